The van der Waals surface area contributed by atoms with Crippen LogP contribution in [0.5, 0.6) is 0 Å². The number of carbonyl (C=O) groups excluding carboxylic acids is 9. The maximum atomic E-state index is 14.7. The number of aliphatic hydroxyl groups is 2. The van der Waals surface area contributed by atoms with Crippen molar-refractivity contribution in [1.29, 1.82) is 0 Å². The van der Waals surface area contributed by atoms with Gasteiger partial charge in [-0.3, -0.25) is 43.3 Å². The molecule has 28 nitrogen and oxygen atoms in total. The van der Waals surface area contributed by atoms with Gasteiger partial charge >= 0.3 is 6.09 Å². The molecule has 0 fully saturated rings. The number of alkyl carbamates (subject to hydrolysis) is 1. The fourth-order valence-corrected chi connectivity index (χ4v) is 14.3. The highest BCUT2D eigenvalue weighted by atomic mass is 32.1. The second kappa shape index (κ2) is 31.3. The van der Waals surface area contributed by atoms with Gasteiger partial charge in [-0.1, -0.05) is 38.0 Å². The molecule has 0 saturated carbocycles. The summed E-state index contributed by atoms with van der Waals surface area (Å²) in [6.45, 7) is 12.0. The predicted molar refractivity (Wildman–Crippen MR) is 358 cm³/mol. The number of carbonyl (C=O) groups is 9. The van der Waals surface area contributed by atoms with Crippen LogP contribution in [0, 0.1) is 0 Å². The second-order valence-corrected chi connectivity index (χ2v) is 27.0. The normalized spacial score (nSPS) is 17.0. The van der Waals surface area contributed by atoms with Crippen molar-refractivity contribution in [3.05, 3.63) is 130 Å². The molecule has 6 atom stereocenters. The lowest BCUT2D eigenvalue weighted by atomic mass is 9.99. The van der Waals surface area contributed by atoms with Crippen LogP contribution in [0.4, 0.5) is 4.79 Å². The van der Waals surface area contributed by atoms with E-state index in [1.807, 2.05) is 6.92 Å². The second-order valence-electron chi connectivity index (χ2n) is 21.8. The van der Waals surface area contributed by atoms with E-state index in [0.717, 1.165) is 56.7 Å². The van der Waals surface area contributed by atoms with E-state index in [1.165, 1.54) is 79.6 Å². The molecule has 5 unspecified atom stereocenters. The molecule has 0 spiro atoms. The lowest BCUT2D eigenvalue weighted by molar-refractivity contribution is -0.124. The number of hydrogen-bond acceptors (Lipinski definition) is 26. The van der Waals surface area contributed by atoms with Gasteiger partial charge in [-0.05, 0) is 79.2 Å². The van der Waals surface area contributed by atoms with Gasteiger partial charge in [0.05, 0.1) is 41.9 Å². The summed E-state index contributed by atoms with van der Waals surface area (Å²) in [5.41, 5.74) is 0.0895. The number of fused-ring (bicyclic) bond motifs is 11. The summed E-state index contributed by atoms with van der Waals surface area (Å²) >= 11 is 6.42. The number of amides is 8. The lowest BCUT2D eigenvalue weighted by Gasteiger charge is -2.28. The number of unbranched alkanes of at least 4 members (excludes halogenated alkanes) is 1. The van der Waals surface area contributed by atoms with E-state index in [2.05, 4.69) is 67.5 Å². The fourth-order valence-electron chi connectivity index (χ4n) is 9.06. The number of nitrogens with zero attached hydrogens (tertiary/aromatic N) is 8. The summed E-state index contributed by atoms with van der Waals surface area (Å²) in [4.78, 5) is 159. The fraction of sp³-hybridized carbons (Fsp3) is 0.328. The predicted octanol–water partition coefficient (Wildman–Crippen LogP) is 6.90. The highest BCUT2D eigenvalue weighted by molar-refractivity contribution is 7.15. The Labute approximate surface area is 567 Å². The number of aromatic nitrogens is 8. The van der Waals surface area contributed by atoms with Crippen LogP contribution in [0.15, 0.2) is 86.7 Å². The Hall–Kier alpha value is -9.29. The number of pyridine rings is 2. The first kappa shape index (κ1) is 70.0. The molecule has 1 aliphatic rings. The van der Waals surface area contributed by atoms with E-state index in [-0.39, 0.29) is 90.9 Å². The number of hydrogen-bond donors (Lipinski definition) is 10. The zero-order valence-electron chi connectivity index (χ0n) is 52.1. The van der Waals surface area contributed by atoms with Crippen molar-refractivity contribution in [3.8, 4) is 43.4 Å². The number of thiazole rings is 6. The van der Waals surface area contributed by atoms with Crippen LogP contribution < -0.4 is 42.5 Å². The molecule has 0 saturated heterocycles. The van der Waals surface area contributed by atoms with Crippen molar-refractivity contribution in [2.24, 2.45) is 0 Å². The molecule has 9 rings (SSSR count). The largest absolute Gasteiger partial charge is 0.444 e. The molecule has 0 aromatic carbocycles. The summed E-state index contributed by atoms with van der Waals surface area (Å²) in [5, 5.41) is 54.6. The van der Waals surface area contributed by atoms with Gasteiger partial charge in [-0.2, -0.15) is 0 Å². The summed E-state index contributed by atoms with van der Waals surface area (Å²) in [7, 11) is 0. The minimum atomic E-state index is -1.68. The van der Waals surface area contributed by atoms with Crippen LogP contribution in [0.25, 0.3) is 49.1 Å². The van der Waals surface area contributed by atoms with Crippen LogP contribution >= 0.6 is 68.0 Å². The summed E-state index contributed by atoms with van der Waals surface area (Å²) in [6.07, 6.45) is 2.40. The molecule has 9 heterocycles. The van der Waals surface area contributed by atoms with E-state index in [9.17, 15) is 53.4 Å². The van der Waals surface area contributed by atoms with Crippen LogP contribution in [0.2, 0.25) is 0 Å². The van der Waals surface area contributed by atoms with Gasteiger partial charge in [0, 0.05) is 44.0 Å². The molecule has 8 amide bonds. The third-order valence-electron chi connectivity index (χ3n) is 14.1. The molecule has 95 heavy (non-hydrogen) atoms. The number of nitrogens with one attached hydrogen (secondary N) is 8. The van der Waals surface area contributed by atoms with Crippen molar-refractivity contribution < 1.29 is 58.1 Å². The molecule has 8 aromatic rings. The standard InChI is InChI=1S/C61H64N16O12S6/c1-9-12-16-35(48(81)64-21-31-15-13-14-19-62-31)74-60(87)89-30(6)44-58-68-37(22-94-58)45-32(17-18-36(65-45)56-73-42(27-93-56)57-71-38(24-92-57)49(82)66-33(10-2)47(80)63-20-28(4)78)54-69-39(23-90-54)50(83)75-43(29(5)79)53(86)67-34(11-3)55-70-41(25-91-55)52(85)77-46(61(7,8)88)59-72-40(26-95-59)51(84)76-44/h10-11,13-15,17-19,22-27,29-30,35,43-44,46,79,88H,9,12,16,20-21H2,1-8H3,(H,63,80)(H,64,81)(H,66,82)(H,67,86)(H,74,87)(H,75,83)(H,76,84)(H,77,85)/b33-10-,34-11-/t29?,30?,35-,43?,44?,46?/m0/s1. The van der Waals surface area contributed by atoms with Crippen molar-refractivity contribution in [2.75, 3.05) is 6.54 Å². The Kier molecular flexibility index (Phi) is 23.1. The monoisotopic (exact) mass is 1400 g/mol. The number of Topliss-reactive ketones (excluding diaryl/α,β-unsaturated/α-hetero) is 1. The Bertz CT molecular complexity index is 4240. The average Bonchev–Trinajstić information content (AvgIpc) is 1.65. The van der Waals surface area contributed by atoms with E-state index >= 15 is 0 Å². The van der Waals surface area contributed by atoms with Gasteiger partial charge < -0.3 is 57.5 Å². The Morgan fingerprint density at radius 1 is 0.705 bits per heavy atom. The van der Waals surface area contributed by atoms with Gasteiger partial charge in [0.15, 0.2) is 0 Å². The minimum absolute atomic E-state index is 0.00641. The molecule has 34 heteroatoms. The lowest BCUT2D eigenvalue weighted by Crippen LogP contribution is -2.52. The van der Waals surface area contributed by atoms with Crippen molar-refractivity contribution >= 4 is 127 Å². The first-order chi connectivity index (χ1) is 45.4. The summed E-state index contributed by atoms with van der Waals surface area (Å²) in [6, 6.07) is 3.62. The number of ether oxygens (including phenoxy) is 1. The molecule has 1 aliphatic heterocycles. The van der Waals surface area contributed by atoms with Crippen LogP contribution in [0.3, 0.4) is 0 Å². The van der Waals surface area contributed by atoms with Crippen LogP contribution in [-0.2, 0) is 30.5 Å². The average molecular weight is 1410 g/mol. The van der Waals surface area contributed by atoms with E-state index in [0.29, 0.717) is 45.5 Å². The van der Waals surface area contributed by atoms with Crippen LogP contribution in [0.1, 0.15) is 149 Å². The number of allylic oxidation sites excluding steroid dienone is 2. The zero-order valence-corrected chi connectivity index (χ0v) is 57.0. The van der Waals surface area contributed by atoms with E-state index in [1.54, 1.807) is 61.1 Å². The van der Waals surface area contributed by atoms with Gasteiger partial charge in [0.2, 0.25) is 11.8 Å². The Morgan fingerprint density at radius 3 is 2.01 bits per heavy atom. The maximum absolute atomic E-state index is 14.7. The first-order valence-corrected chi connectivity index (χ1v) is 34.7. The van der Waals surface area contributed by atoms with Crippen LogP contribution in [-0.4, -0.2) is 140 Å². The van der Waals surface area contributed by atoms with Crippen molar-refractivity contribution in [1.82, 2.24) is 82.4 Å². The highest BCUT2D eigenvalue weighted by Gasteiger charge is 2.37. The van der Waals surface area contributed by atoms with Crippen molar-refractivity contribution in [2.45, 2.75) is 123 Å². The molecular formula is C61H64N16O12S6. The molecule has 0 aliphatic carbocycles. The molecule has 8 bridgehead atoms. The topological polar surface area (TPSA) is 403 Å². The Morgan fingerprint density at radius 2 is 1.33 bits per heavy atom. The Balaban J connectivity index is 1.10. The van der Waals surface area contributed by atoms with E-state index in [4.69, 9.17) is 19.7 Å². The first-order valence-electron chi connectivity index (χ1n) is 29.4. The number of rotatable bonds is 18. The highest BCUT2D eigenvalue weighted by Crippen LogP contribution is 2.39. The molecule has 8 aromatic heterocycles. The van der Waals surface area contributed by atoms with E-state index < -0.39 is 89.4 Å². The smallest absolute Gasteiger partial charge is 0.408 e. The molecule has 10 N–H and O–H groups in total. The third kappa shape index (κ3) is 17.6. The number of ketones is 1. The zero-order chi connectivity index (χ0) is 68.3. The SMILES string of the molecule is C/C=C(\NC(=O)c1csc(-c2csc(-c3ccc4c(n3)-c3csc(n3)C(C(C)OC(=O)N[C@@H](CCCC)C(=O)NCc3ccccn3)NC(=O)c3csc(n3)C(C(C)(C)O)NC(=O)c3csc(n3)/C(=C/C)NC(=O)C(C(C)O)NC(=O)c3csc-4n3)n2)n1)C(=O)NCC(C)=O. The summed E-state index contributed by atoms with van der Waals surface area (Å²) < 4.78 is 6.03. The summed E-state index contributed by atoms with van der Waals surface area (Å²) in [5.74, 6) is -5.25. The molecule has 0 radical (unpaired) electrons. The van der Waals surface area contributed by atoms with Gasteiger partial charge in [-0.25, -0.2) is 39.7 Å². The minimum Gasteiger partial charge on any atom is -0.444 e. The molecule has 496 valence electrons. The maximum Gasteiger partial charge on any atom is 0.408 e. The van der Waals surface area contributed by atoms with Crippen molar-refractivity contribution in [3.63, 3.8) is 0 Å². The van der Waals surface area contributed by atoms with Gasteiger partial charge in [0.1, 0.15) is 112 Å². The van der Waals surface area contributed by atoms with Gasteiger partial charge in [-0.15, -0.1) is 68.0 Å². The number of aliphatic hydroxyl groups excluding tert-OH is 1. The molecular weight excluding hydrogens is 1340 g/mol. The quantitative estimate of drug-likeness (QED) is 0.0391. The van der Waals surface area contributed by atoms with Gasteiger partial charge in [0.25, 0.3) is 29.5 Å². The third-order valence-corrected chi connectivity index (χ3v) is 19.4.